The van der Waals surface area contributed by atoms with E-state index in [2.05, 4.69) is 45.3 Å². The Morgan fingerprint density at radius 3 is 2.45 bits per heavy atom. The summed E-state index contributed by atoms with van der Waals surface area (Å²) in [4.78, 5) is 28.1. The Bertz CT molecular complexity index is 1370. The van der Waals surface area contributed by atoms with Gasteiger partial charge in [0, 0.05) is 36.7 Å². The lowest BCUT2D eigenvalue weighted by Crippen LogP contribution is -2.50. The number of nitrogens with zero attached hydrogens (tertiary/aromatic N) is 4. The van der Waals surface area contributed by atoms with Crippen molar-refractivity contribution in [3.8, 4) is 17.1 Å². The van der Waals surface area contributed by atoms with E-state index in [0.29, 0.717) is 26.2 Å². The number of ether oxygens (including phenoxy) is 1. The van der Waals surface area contributed by atoms with Crippen molar-refractivity contribution >= 4 is 39.1 Å². The summed E-state index contributed by atoms with van der Waals surface area (Å²) in [5.41, 5.74) is 2.99. The molecule has 2 aromatic carbocycles. The van der Waals surface area contributed by atoms with Crippen molar-refractivity contribution in [2.45, 2.75) is 19.4 Å². The second-order valence-corrected chi connectivity index (χ2v) is 10.2. The van der Waals surface area contributed by atoms with Gasteiger partial charge in [-0.05, 0) is 35.7 Å². The minimum absolute atomic E-state index is 0.0895. The van der Waals surface area contributed by atoms with Crippen LogP contribution in [0.5, 0.6) is 6.01 Å². The molecule has 0 unspecified atom stereocenters. The second kappa shape index (κ2) is 11.8. The van der Waals surface area contributed by atoms with Gasteiger partial charge in [0.15, 0.2) is 0 Å². The number of urea groups is 1. The van der Waals surface area contributed by atoms with Gasteiger partial charge >= 0.3 is 12.0 Å². The first-order chi connectivity index (χ1) is 18.5. The van der Waals surface area contributed by atoms with Gasteiger partial charge in [-0.1, -0.05) is 49.4 Å². The highest BCUT2D eigenvalue weighted by Gasteiger charge is 2.25. The van der Waals surface area contributed by atoms with Crippen LogP contribution in [0.3, 0.4) is 0 Å². The van der Waals surface area contributed by atoms with Gasteiger partial charge in [0.2, 0.25) is 0 Å². The molecule has 1 fully saturated rings. The lowest BCUT2D eigenvalue weighted by molar-refractivity contribution is 0.0506. The number of benzene rings is 2. The van der Waals surface area contributed by atoms with Crippen molar-refractivity contribution in [3.05, 3.63) is 65.5 Å². The van der Waals surface area contributed by atoms with Crippen LogP contribution in [-0.4, -0.2) is 76.6 Å². The van der Waals surface area contributed by atoms with E-state index in [1.54, 1.807) is 16.2 Å². The molecule has 1 atom stereocenters. The Hall–Kier alpha value is -3.73. The van der Waals surface area contributed by atoms with E-state index >= 15 is 0 Å². The van der Waals surface area contributed by atoms with Crippen molar-refractivity contribution in [2.24, 2.45) is 0 Å². The Morgan fingerprint density at radius 2 is 1.76 bits per heavy atom. The van der Waals surface area contributed by atoms with Crippen molar-refractivity contribution in [1.82, 2.24) is 14.9 Å². The number of carbonyl (C=O) groups excluding carboxylic acids is 1. The predicted octanol–water partition coefficient (Wildman–Crippen LogP) is 4.01. The summed E-state index contributed by atoms with van der Waals surface area (Å²) in [6, 6.07) is 20.1. The largest absolute Gasteiger partial charge is 0.461 e. The third-order valence-corrected chi connectivity index (χ3v) is 7.65. The van der Waals surface area contributed by atoms with Gasteiger partial charge < -0.3 is 30.1 Å². The highest BCUT2D eigenvalue weighted by Crippen LogP contribution is 2.33. The SMILES string of the molecule is CCc1cc2c(N3CCN(C(=O)Nc4ccc(-c5ccccc5)cc4)CC3)nc(OC[C@H](O)CO)nc2s1. The van der Waals surface area contributed by atoms with Crippen LogP contribution in [0.25, 0.3) is 21.3 Å². The summed E-state index contributed by atoms with van der Waals surface area (Å²) in [5.74, 6) is 0.760. The van der Waals surface area contributed by atoms with Crippen LogP contribution in [0.1, 0.15) is 11.8 Å². The van der Waals surface area contributed by atoms with E-state index < -0.39 is 12.7 Å². The number of hydrogen-bond donors (Lipinski definition) is 3. The predicted molar refractivity (Wildman–Crippen MR) is 150 cm³/mol. The first-order valence-electron chi connectivity index (χ1n) is 12.7. The average molecular weight is 534 g/mol. The number of rotatable bonds is 8. The van der Waals surface area contributed by atoms with Gasteiger partial charge in [0.05, 0.1) is 12.0 Å². The Labute approximate surface area is 225 Å². The number of piperazine rings is 1. The molecule has 3 N–H and O–H groups in total. The van der Waals surface area contributed by atoms with Gasteiger partial charge in [0.25, 0.3) is 0 Å². The number of carbonyl (C=O) groups is 1. The molecule has 38 heavy (non-hydrogen) atoms. The molecule has 0 aliphatic carbocycles. The van der Waals surface area contributed by atoms with Crippen LogP contribution >= 0.6 is 11.3 Å². The fourth-order valence-corrected chi connectivity index (χ4v) is 5.29. The summed E-state index contributed by atoms with van der Waals surface area (Å²) >= 11 is 1.59. The first-order valence-corrected chi connectivity index (χ1v) is 13.5. The Kier molecular flexibility index (Phi) is 8.02. The minimum atomic E-state index is -0.996. The molecular weight excluding hydrogens is 502 g/mol. The maximum absolute atomic E-state index is 13.0. The van der Waals surface area contributed by atoms with Crippen LogP contribution in [-0.2, 0) is 6.42 Å². The molecule has 0 radical (unpaired) electrons. The highest BCUT2D eigenvalue weighted by atomic mass is 32.1. The average Bonchev–Trinajstić information content (AvgIpc) is 3.40. The van der Waals surface area contributed by atoms with Crippen LogP contribution < -0.4 is 15.0 Å². The van der Waals surface area contributed by atoms with E-state index in [-0.39, 0.29) is 18.6 Å². The van der Waals surface area contributed by atoms with E-state index in [9.17, 15) is 9.90 Å². The minimum Gasteiger partial charge on any atom is -0.461 e. The summed E-state index contributed by atoms with van der Waals surface area (Å²) < 4.78 is 5.58. The quantitative estimate of drug-likeness (QED) is 0.314. The molecule has 4 aromatic rings. The van der Waals surface area contributed by atoms with Gasteiger partial charge in [-0.3, -0.25) is 0 Å². The van der Waals surface area contributed by atoms with Crippen molar-refractivity contribution < 1.29 is 19.7 Å². The van der Waals surface area contributed by atoms with E-state index in [0.717, 1.165) is 39.3 Å². The number of thiophene rings is 1. The molecule has 0 spiro atoms. The molecule has 1 saturated heterocycles. The third-order valence-electron chi connectivity index (χ3n) is 6.48. The van der Waals surface area contributed by atoms with Gasteiger partial charge in [-0.2, -0.15) is 9.97 Å². The Morgan fingerprint density at radius 1 is 1.05 bits per heavy atom. The zero-order chi connectivity index (χ0) is 26.5. The summed E-state index contributed by atoms with van der Waals surface area (Å²) in [6.07, 6.45) is -0.107. The summed E-state index contributed by atoms with van der Waals surface area (Å²) in [5, 5.41) is 22.7. The fraction of sp³-hybridized carbons (Fsp3) is 0.321. The van der Waals surface area contributed by atoms with E-state index in [1.165, 1.54) is 4.88 Å². The lowest BCUT2D eigenvalue weighted by Gasteiger charge is -2.35. The monoisotopic (exact) mass is 533 g/mol. The molecule has 5 rings (SSSR count). The number of fused-ring (bicyclic) bond motifs is 1. The fourth-order valence-electron chi connectivity index (χ4n) is 4.34. The molecule has 1 aliphatic heterocycles. The van der Waals surface area contributed by atoms with Crippen LogP contribution in [0.4, 0.5) is 16.3 Å². The number of hydrogen-bond acceptors (Lipinski definition) is 8. The number of aryl methyl sites for hydroxylation is 1. The van der Waals surface area contributed by atoms with Crippen molar-refractivity contribution in [3.63, 3.8) is 0 Å². The van der Waals surface area contributed by atoms with Crippen molar-refractivity contribution in [2.75, 3.05) is 49.6 Å². The molecule has 198 valence electrons. The molecule has 3 heterocycles. The van der Waals surface area contributed by atoms with Gasteiger partial charge in [-0.15, -0.1) is 11.3 Å². The third kappa shape index (κ3) is 5.88. The number of anilines is 2. The molecule has 9 nitrogen and oxygen atoms in total. The maximum atomic E-state index is 13.0. The topological polar surface area (TPSA) is 111 Å². The molecule has 1 aliphatic rings. The molecular formula is C28H31N5O4S. The smallest absolute Gasteiger partial charge is 0.321 e. The Balaban J connectivity index is 1.24. The number of aliphatic hydroxyl groups is 2. The number of amides is 2. The van der Waals surface area contributed by atoms with Crippen LogP contribution in [0.15, 0.2) is 60.7 Å². The second-order valence-electron chi connectivity index (χ2n) is 9.11. The molecule has 0 saturated carbocycles. The number of aromatic nitrogens is 2. The van der Waals surface area contributed by atoms with Crippen LogP contribution in [0.2, 0.25) is 0 Å². The molecule has 2 aromatic heterocycles. The molecule has 10 heteroatoms. The molecule has 2 amide bonds. The normalized spacial score (nSPS) is 14.5. The maximum Gasteiger partial charge on any atom is 0.321 e. The van der Waals surface area contributed by atoms with E-state index in [1.807, 2.05) is 42.5 Å². The zero-order valence-corrected chi connectivity index (χ0v) is 22.0. The van der Waals surface area contributed by atoms with Gasteiger partial charge in [-0.25, -0.2) is 4.79 Å². The highest BCUT2D eigenvalue weighted by molar-refractivity contribution is 7.18. The van der Waals surface area contributed by atoms with Crippen LogP contribution in [0, 0.1) is 0 Å². The zero-order valence-electron chi connectivity index (χ0n) is 21.2. The number of aliphatic hydroxyl groups excluding tert-OH is 2. The number of nitrogens with one attached hydrogen (secondary N) is 1. The first kappa shape index (κ1) is 25.9. The summed E-state index contributed by atoms with van der Waals surface area (Å²) in [7, 11) is 0. The summed E-state index contributed by atoms with van der Waals surface area (Å²) in [6.45, 7) is 3.93. The standard InChI is InChI=1S/C28H31N5O4S/c1-2-23-16-24-25(30-27(31-26(24)38-23)37-18-22(35)17-34)32-12-14-33(15-13-32)28(36)29-21-10-8-20(9-11-21)19-6-4-3-5-7-19/h3-11,16,22,34-35H,2,12-15,17-18H2,1H3,(H,29,36)/t22-/m1/s1. The molecule has 0 bridgehead atoms. The van der Waals surface area contributed by atoms with E-state index in [4.69, 9.17) is 9.84 Å². The van der Waals surface area contributed by atoms with Gasteiger partial charge in [0.1, 0.15) is 23.4 Å². The lowest BCUT2D eigenvalue weighted by atomic mass is 10.1. The van der Waals surface area contributed by atoms with Crippen molar-refractivity contribution in [1.29, 1.82) is 0 Å².